The van der Waals surface area contributed by atoms with Gasteiger partial charge < -0.3 is 10.0 Å². The molecule has 1 aliphatic heterocycles. The molecule has 1 N–H and O–H groups in total. The van der Waals surface area contributed by atoms with E-state index >= 15 is 0 Å². The van der Waals surface area contributed by atoms with Crippen LogP contribution in [-0.2, 0) is 4.79 Å². The molecule has 1 aliphatic rings. The number of aliphatic carboxylic acids is 1. The van der Waals surface area contributed by atoms with Gasteiger partial charge in [-0.15, -0.1) is 0 Å². The number of nitrogens with zero attached hydrogens (tertiary/aromatic N) is 1. The van der Waals surface area contributed by atoms with Gasteiger partial charge >= 0.3 is 5.97 Å². The van der Waals surface area contributed by atoms with Crippen molar-refractivity contribution in [2.24, 2.45) is 0 Å². The van der Waals surface area contributed by atoms with Crippen LogP contribution < -0.4 is 0 Å². The third-order valence-electron chi connectivity index (χ3n) is 2.57. The summed E-state index contributed by atoms with van der Waals surface area (Å²) in [4.78, 5) is 12.6. The molecule has 0 radical (unpaired) electrons. The number of likely N-dealkylation sites (tertiary alicyclic amines) is 1. The van der Waals surface area contributed by atoms with Crippen molar-refractivity contribution in [1.29, 1.82) is 0 Å². The van der Waals surface area contributed by atoms with Gasteiger partial charge in [0.25, 0.3) is 0 Å². The van der Waals surface area contributed by atoms with Crippen LogP contribution in [0.2, 0.25) is 0 Å². The fraction of sp³-hybridized carbons (Fsp3) is 0.727. The van der Waals surface area contributed by atoms with E-state index in [-0.39, 0.29) is 0 Å². The van der Waals surface area contributed by atoms with Crippen molar-refractivity contribution < 1.29 is 9.90 Å². The molecule has 3 heteroatoms. The van der Waals surface area contributed by atoms with Crippen molar-refractivity contribution in [2.75, 3.05) is 19.6 Å². The van der Waals surface area contributed by atoms with Gasteiger partial charge in [0.2, 0.25) is 0 Å². The van der Waals surface area contributed by atoms with Crippen LogP contribution in [0.25, 0.3) is 0 Å². The van der Waals surface area contributed by atoms with Crippen LogP contribution in [0.1, 0.15) is 32.1 Å². The fourth-order valence-corrected chi connectivity index (χ4v) is 1.80. The first-order valence-electron chi connectivity index (χ1n) is 5.41. The van der Waals surface area contributed by atoms with Crippen LogP contribution in [0.15, 0.2) is 12.2 Å². The first kappa shape index (κ1) is 11.2. The summed E-state index contributed by atoms with van der Waals surface area (Å²) >= 11 is 0. The molecule has 3 nitrogen and oxygen atoms in total. The highest BCUT2D eigenvalue weighted by Gasteiger charge is 2.06. The van der Waals surface area contributed by atoms with Crippen molar-refractivity contribution >= 4 is 5.97 Å². The minimum atomic E-state index is -0.846. The summed E-state index contributed by atoms with van der Waals surface area (Å²) < 4.78 is 0. The van der Waals surface area contributed by atoms with Crippen molar-refractivity contribution in [1.82, 2.24) is 4.90 Å². The van der Waals surface area contributed by atoms with Gasteiger partial charge in [0.05, 0.1) is 0 Å². The quantitative estimate of drug-likeness (QED) is 0.700. The molecule has 1 rings (SSSR count). The minimum absolute atomic E-state index is 0.846. The Bertz CT molecular complexity index is 193. The molecule has 0 atom stereocenters. The zero-order valence-electron chi connectivity index (χ0n) is 8.61. The van der Waals surface area contributed by atoms with Crippen molar-refractivity contribution in [3.63, 3.8) is 0 Å². The highest BCUT2D eigenvalue weighted by Crippen LogP contribution is 2.09. The van der Waals surface area contributed by atoms with E-state index in [2.05, 4.69) is 4.90 Å². The van der Waals surface area contributed by atoms with Crippen molar-refractivity contribution in [2.45, 2.75) is 32.1 Å². The maximum absolute atomic E-state index is 10.2. The summed E-state index contributed by atoms with van der Waals surface area (Å²) in [7, 11) is 0. The van der Waals surface area contributed by atoms with Gasteiger partial charge in [0.1, 0.15) is 0 Å². The Labute approximate surface area is 85.4 Å². The van der Waals surface area contributed by atoms with E-state index < -0.39 is 5.97 Å². The lowest BCUT2D eigenvalue weighted by molar-refractivity contribution is -0.131. The number of hydrogen-bond acceptors (Lipinski definition) is 2. The first-order chi connectivity index (χ1) is 6.79. The highest BCUT2D eigenvalue weighted by molar-refractivity contribution is 5.79. The van der Waals surface area contributed by atoms with Gasteiger partial charge in [-0.05, 0) is 32.4 Å². The summed E-state index contributed by atoms with van der Waals surface area (Å²) in [5.74, 6) is -0.846. The van der Waals surface area contributed by atoms with Crippen molar-refractivity contribution in [3.05, 3.63) is 12.2 Å². The van der Waals surface area contributed by atoms with Crippen LogP contribution in [0.5, 0.6) is 0 Å². The molecule has 80 valence electrons. The molecule has 1 fully saturated rings. The smallest absolute Gasteiger partial charge is 0.327 e. The number of rotatable bonds is 4. The second kappa shape index (κ2) is 6.60. The molecule has 0 bridgehead atoms. The largest absolute Gasteiger partial charge is 0.478 e. The first-order valence-corrected chi connectivity index (χ1v) is 5.41. The van der Waals surface area contributed by atoms with E-state index in [0.29, 0.717) is 0 Å². The number of carboxylic acid groups (broad SMARTS) is 1. The van der Waals surface area contributed by atoms with Gasteiger partial charge in [-0.2, -0.15) is 0 Å². The molecule has 0 aromatic heterocycles. The van der Waals surface area contributed by atoms with Crippen LogP contribution in [0.3, 0.4) is 0 Å². The monoisotopic (exact) mass is 197 g/mol. The third kappa shape index (κ3) is 5.02. The summed E-state index contributed by atoms with van der Waals surface area (Å²) in [6.45, 7) is 3.37. The van der Waals surface area contributed by atoms with Gasteiger partial charge in [-0.3, -0.25) is 0 Å². The number of carbonyl (C=O) groups is 1. The molecule has 0 aromatic rings. The lowest BCUT2D eigenvalue weighted by Crippen LogP contribution is -2.25. The molecule has 0 spiro atoms. The molecule has 0 amide bonds. The highest BCUT2D eigenvalue weighted by atomic mass is 16.4. The normalized spacial score (nSPS) is 19.7. The molecule has 0 unspecified atom stereocenters. The lowest BCUT2D eigenvalue weighted by Gasteiger charge is -2.18. The maximum Gasteiger partial charge on any atom is 0.327 e. The van der Waals surface area contributed by atoms with Gasteiger partial charge in [-0.1, -0.05) is 18.9 Å². The van der Waals surface area contributed by atoms with Gasteiger partial charge in [0.15, 0.2) is 0 Å². The molecule has 0 aromatic carbocycles. The van der Waals surface area contributed by atoms with E-state index in [1.165, 1.54) is 44.8 Å². The van der Waals surface area contributed by atoms with E-state index in [1.54, 1.807) is 6.08 Å². The van der Waals surface area contributed by atoms with Crippen LogP contribution in [0.4, 0.5) is 0 Å². The number of hydrogen-bond donors (Lipinski definition) is 1. The SMILES string of the molecule is O=C(O)/C=C/CCN1CCCCCC1. The molecule has 0 saturated carbocycles. The summed E-state index contributed by atoms with van der Waals surface area (Å²) in [5.41, 5.74) is 0. The molecule has 0 aliphatic carbocycles. The third-order valence-corrected chi connectivity index (χ3v) is 2.57. The van der Waals surface area contributed by atoms with Crippen LogP contribution in [-0.4, -0.2) is 35.6 Å². The standard InChI is InChI=1S/C11H19NO2/c13-11(14)7-3-6-10-12-8-4-1-2-5-9-12/h3,7H,1-2,4-6,8-10H2,(H,13,14)/b7-3+. The zero-order valence-corrected chi connectivity index (χ0v) is 8.61. The average molecular weight is 197 g/mol. The summed E-state index contributed by atoms with van der Waals surface area (Å²) in [6, 6.07) is 0. The van der Waals surface area contributed by atoms with Crippen LogP contribution in [0, 0.1) is 0 Å². The predicted molar refractivity (Wildman–Crippen MR) is 56.3 cm³/mol. The zero-order chi connectivity index (χ0) is 10.2. The summed E-state index contributed by atoms with van der Waals surface area (Å²) in [5, 5.41) is 8.40. The second-order valence-corrected chi connectivity index (χ2v) is 3.79. The Hall–Kier alpha value is -0.830. The topological polar surface area (TPSA) is 40.5 Å². The Morgan fingerprint density at radius 2 is 1.86 bits per heavy atom. The van der Waals surface area contributed by atoms with E-state index in [1.807, 2.05) is 0 Å². The second-order valence-electron chi connectivity index (χ2n) is 3.79. The molecule has 1 heterocycles. The molecule has 1 saturated heterocycles. The Morgan fingerprint density at radius 3 is 2.43 bits per heavy atom. The van der Waals surface area contributed by atoms with Crippen LogP contribution >= 0.6 is 0 Å². The van der Waals surface area contributed by atoms with Gasteiger partial charge in [0, 0.05) is 12.6 Å². The molecule has 14 heavy (non-hydrogen) atoms. The van der Waals surface area contributed by atoms with Gasteiger partial charge in [-0.25, -0.2) is 4.79 Å². The van der Waals surface area contributed by atoms with E-state index in [9.17, 15) is 4.79 Å². The number of carboxylic acids is 1. The van der Waals surface area contributed by atoms with E-state index in [0.717, 1.165) is 13.0 Å². The maximum atomic E-state index is 10.2. The Morgan fingerprint density at radius 1 is 1.21 bits per heavy atom. The van der Waals surface area contributed by atoms with Crippen molar-refractivity contribution in [3.8, 4) is 0 Å². The minimum Gasteiger partial charge on any atom is -0.478 e. The predicted octanol–water partition coefficient (Wildman–Crippen LogP) is 1.89. The Kier molecular flexibility index (Phi) is 5.30. The Balaban J connectivity index is 2.13. The lowest BCUT2D eigenvalue weighted by atomic mass is 10.2. The summed E-state index contributed by atoms with van der Waals surface area (Å²) in [6.07, 6.45) is 9.12. The molecular weight excluding hydrogens is 178 g/mol. The van der Waals surface area contributed by atoms with E-state index in [4.69, 9.17) is 5.11 Å². The fourth-order valence-electron chi connectivity index (χ4n) is 1.80. The molecular formula is C11H19NO2. The average Bonchev–Trinajstić information content (AvgIpc) is 2.40.